The fraction of sp³-hybridized carbons (Fsp3) is 0.529. The summed E-state index contributed by atoms with van der Waals surface area (Å²) >= 11 is 0. The summed E-state index contributed by atoms with van der Waals surface area (Å²) in [5.41, 5.74) is 1.68. The Balaban J connectivity index is 2.03. The second-order valence-corrected chi connectivity index (χ2v) is 6.61. The van der Waals surface area contributed by atoms with Crippen LogP contribution in [0.3, 0.4) is 0 Å². The van der Waals surface area contributed by atoms with Gasteiger partial charge in [-0.1, -0.05) is 24.3 Å². The summed E-state index contributed by atoms with van der Waals surface area (Å²) in [6.07, 6.45) is 3.04. The highest BCUT2D eigenvalue weighted by Crippen LogP contribution is 2.37. The molecule has 0 aromatic heterocycles. The third kappa shape index (κ3) is 2.23. The Morgan fingerprint density at radius 2 is 1.95 bits per heavy atom. The molecule has 1 aliphatic carbocycles. The Labute approximate surface area is 125 Å². The molecule has 4 nitrogen and oxygen atoms in total. The molecule has 0 saturated carbocycles. The molecule has 3 rings (SSSR count). The van der Waals surface area contributed by atoms with Gasteiger partial charge in [0.2, 0.25) is 11.8 Å². The number of nitrogens with one attached hydrogen (secondary N) is 1. The monoisotopic (exact) mass is 286 g/mol. The van der Waals surface area contributed by atoms with Gasteiger partial charge < -0.3 is 10.2 Å². The van der Waals surface area contributed by atoms with Gasteiger partial charge in [-0.05, 0) is 51.2 Å². The molecule has 0 spiro atoms. The highest BCUT2D eigenvalue weighted by Gasteiger charge is 2.46. The number of piperazine rings is 1. The van der Waals surface area contributed by atoms with Gasteiger partial charge in [0.25, 0.3) is 0 Å². The molecule has 21 heavy (non-hydrogen) atoms. The maximum Gasteiger partial charge on any atom is 0.248 e. The summed E-state index contributed by atoms with van der Waals surface area (Å²) in [7, 11) is 0. The largest absolute Gasteiger partial charge is 0.340 e. The molecule has 2 unspecified atom stereocenters. The van der Waals surface area contributed by atoms with Crippen molar-refractivity contribution < 1.29 is 9.59 Å². The number of aryl methyl sites for hydroxylation is 1. The van der Waals surface area contributed by atoms with Crippen molar-refractivity contribution in [3.05, 3.63) is 35.4 Å². The zero-order valence-electron chi connectivity index (χ0n) is 12.8. The van der Waals surface area contributed by atoms with Crippen molar-refractivity contribution >= 4 is 11.8 Å². The second kappa shape index (κ2) is 4.86. The lowest BCUT2D eigenvalue weighted by molar-refractivity contribution is -0.156. The van der Waals surface area contributed by atoms with Crippen LogP contribution in [0.2, 0.25) is 0 Å². The Kier molecular flexibility index (Phi) is 3.27. The predicted molar refractivity (Wildman–Crippen MR) is 80.7 cm³/mol. The fourth-order valence-electron chi connectivity index (χ4n) is 3.52. The van der Waals surface area contributed by atoms with Gasteiger partial charge in [0.1, 0.15) is 11.6 Å². The summed E-state index contributed by atoms with van der Waals surface area (Å²) in [4.78, 5) is 26.8. The maximum atomic E-state index is 12.8. The number of fused-ring (bicyclic) bond motifs is 1. The predicted octanol–water partition coefficient (Wildman–Crippen LogP) is 2.19. The molecule has 1 fully saturated rings. The number of rotatable bonds is 1. The quantitative estimate of drug-likeness (QED) is 0.860. The van der Waals surface area contributed by atoms with Gasteiger partial charge in [-0.3, -0.25) is 9.59 Å². The van der Waals surface area contributed by atoms with E-state index in [2.05, 4.69) is 17.4 Å². The van der Waals surface area contributed by atoms with E-state index in [1.54, 1.807) is 18.7 Å². The molecular formula is C17H22N2O2. The zero-order valence-corrected chi connectivity index (χ0v) is 12.8. The van der Waals surface area contributed by atoms with Crippen molar-refractivity contribution in [3.8, 4) is 0 Å². The first-order valence-corrected chi connectivity index (χ1v) is 7.64. The Morgan fingerprint density at radius 1 is 1.24 bits per heavy atom. The van der Waals surface area contributed by atoms with Crippen LogP contribution < -0.4 is 5.32 Å². The average Bonchev–Trinajstić information content (AvgIpc) is 2.45. The van der Waals surface area contributed by atoms with Crippen LogP contribution in [0.1, 0.15) is 50.8 Å². The highest BCUT2D eigenvalue weighted by atomic mass is 16.2. The Morgan fingerprint density at radius 3 is 2.71 bits per heavy atom. The number of carbonyl (C=O) groups excluding carboxylic acids is 2. The van der Waals surface area contributed by atoms with Crippen LogP contribution in [0.15, 0.2) is 24.3 Å². The summed E-state index contributed by atoms with van der Waals surface area (Å²) in [5.74, 6) is -0.0565. The first-order valence-electron chi connectivity index (χ1n) is 7.64. The van der Waals surface area contributed by atoms with Crippen LogP contribution in [0.4, 0.5) is 0 Å². The Hall–Kier alpha value is -1.84. The number of carbonyl (C=O) groups is 2. The maximum absolute atomic E-state index is 12.8. The van der Waals surface area contributed by atoms with Crippen molar-refractivity contribution in [2.45, 2.75) is 57.7 Å². The summed E-state index contributed by atoms with van der Waals surface area (Å²) in [6, 6.07) is 7.88. The van der Waals surface area contributed by atoms with Gasteiger partial charge in [0, 0.05) is 0 Å². The Bertz CT molecular complexity index is 594. The lowest BCUT2D eigenvalue weighted by Crippen LogP contribution is -2.67. The van der Waals surface area contributed by atoms with Crippen LogP contribution in [0.5, 0.6) is 0 Å². The first kappa shape index (κ1) is 14.1. The van der Waals surface area contributed by atoms with Gasteiger partial charge >= 0.3 is 0 Å². The summed E-state index contributed by atoms with van der Waals surface area (Å²) in [6.45, 7) is 5.38. The van der Waals surface area contributed by atoms with Crippen molar-refractivity contribution in [2.75, 3.05) is 0 Å². The van der Waals surface area contributed by atoms with Crippen LogP contribution >= 0.6 is 0 Å². The molecule has 2 amide bonds. The van der Waals surface area contributed by atoms with Crippen LogP contribution in [0, 0.1) is 0 Å². The topological polar surface area (TPSA) is 49.4 Å². The van der Waals surface area contributed by atoms with Crippen LogP contribution in [-0.2, 0) is 16.0 Å². The molecule has 1 aromatic rings. The molecular weight excluding hydrogens is 264 g/mol. The molecule has 0 radical (unpaired) electrons. The normalized spacial score (nSPS) is 28.0. The van der Waals surface area contributed by atoms with Gasteiger partial charge in [0.15, 0.2) is 0 Å². The number of nitrogens with zero attached hydrogens (tertiary/aromatic N) is 1. The van der Waals surface area contributed by atoms with Crippen molar-refractivity contribution in [1.82, 2.24) is 10.2 Å². The number of amides is 2. The van der Waals surface area contributed by atoms with E-state index < -0.39 is 11.6 Å². The zero-order chi connectivity index (χ0) is 15.2. The van der Waals surface area contributed by atoms with Gasteiger partial charge in [-0.2, -0.15) is 0 Å². The van der Waals surface area contributed by atoms with Crippen molar-refractivity contribution in [3.63, 3.8) is 0 Å². The van der Waals surface area contributed by atoms with Crippen LogP contribution in [0.25, 0.3) is 0 Å². The van der Waals surface area contributed by atoms with E-state index in [0.717, 1.165) is 19.3 Å². The van der Waals surface area contributed by atoms with Gasteiger partial charge in [-0.25, -0.2) is 0 Å². The van der Waals surface area contributed by atoms with Gasteiger partial charge in [-0.15, -0.1) is 0 Å². The first-order chi connectivity index (χ1) is 9.92. The molecule has 112 valence electrons. The van der Waals surface area contributed by atoms with E-state index in [0.29, 0.717) is 0 Å². The van der Waals surface area contributed by atoms with Crippen molar-refractivity contribution in [1.29, 1.82) is 0 Å². The molecule has 1 saturated heterocycles. The minimum Gasteiger partial charge on any atom is -0.340 e. The average molecular weight is 286 g/mol. The molecule has 2 atom stereocenters. The summed E-state index contributed by atoms with van der Waals surface area (Å²) in [5, 5.41) is 2.82. The van der Waals surface area contributed by atoms with E-state index in [9.17, 15) is 9.59 Å². The lowest BCUT2D eigenvalue weighted by atomic mass is 9.84. The molecule has 2 aliphatic rings. The van der Waals surface area contributed by atoms with Gasteiger partial charge in [0.05, 0.1) is 6.04 Å². The van der Waals surface area contributed by atoms with Crippen LogP contribution in [-0.4, -0.2) is 28.3 Å². The number of benzene rings is 1. The lowest BCUT2D eigenvalue weighted by Gasteiger charge is -2.46. The molecule has 1 aromatic carbocycles. The standard InChI is InChI=1S/C17H22N2O2/c1-11-15(20)18-17(2,3)16(21)19(11)14-10-6-8-12-7-4-5-9-13(12)14/h4-5,7,9,11,14H,6,8,10H2,1-3H3,(H,18,20). The minimum atomic E-state index is -0.823. The van der Waals surface area contributed by atoms with E-state index in [-0.39, 0.29) is 17.9 Å². The third-order valence-electron chi connectivity index (χ3n) is 4.68. The van der Waals surface area contributed by atoms with E-state index in [1.807, 2.05) is 19.1 Å². The molecule has 1 heterocycles. The van der Waals surface area contributed by atoms with E-state index in [1.165, 1.54) is 11.1 Å². The van der Waals surface area contributed by atoms with E-state index in [4.69, 9.17) is 0 Å². The van der Waals surface area contributed by atoms with E-state index >= 15 is 0 Å². The highest BCUT2D eigenvalue weighted by molar-refractivity contribution is 5.99. The molecule has 4 heteroatoms. The minimum absolute atomic E-state index is 0.0105. The SMILES string of the molecule is CC1C(=O)NC(C)(C)C(=O)N1C1CCCc2ccccc21. The number of hydrogen-bond acceptors (Lipinski definition) is 2. The second-order valence-electron chi connectivity index (χ2n) is 6.61. The van der Waals surface area contributed by atoms with Crippen molar-refractivity contribution in [2.24, 2.45) is 0 Å². The smallest absolute Gasteiger partial charge is 0.248 e. The fourth-order valence-corrected chi connectivity index (χ4v) is 3.52. The molecule has 1 aliphatic heterocycles. The number of hydrogen-bond donors (Lipinski definition) is 1. The third-order valence-corrected chi connectivity index (χ3v) is 4.68. The summed E-state index contributed by atoms with van der Waals surface area (Å²) < 4.78 is 0. The molecule has 0 bridgehead atoms. The molecule has 1 N–H and O–H groups in total.